The first-order valence-electron chi connectivity index (χ1n) is 17.4. The molecule has 5 aromatic rings. The number of benzene rings is 4. The van der Waals surface area contributed by atoms with Crippen LogP contribution in [0.25, 0.3) is 6.08 Å². The molecular weight excluding hydrogens is 773 g/mol. The number of ether oxygens (including phenoxy) is 4. The van der Waals surface area contributed by atoms with Crippen molar-refractivity contribution in [1.29, 1.82) is 0 Å². The largest absolute Gasteiger partial charge is 0.513 e. The molecule has 0 N–H and O–H groups in total. The molecule has 2 aliphatic heterocycles. The zero-order valence-corrected chi connectivity index (χ0v) is 31.1. The fourth-order valence-electron chi connectivity index (χ4n) is 6.38. The number of amides is 1. The fourth-order valence-corrected chi connectivity index (χ4v) is 7.99. The van der Waals surface area contributed by atoms with Crippen LogP contribution in [-0.4, -0.2) is 66.5 Å². The van der Waals surface area contributed by atoms with Gasteiger partial charge in [0, 0.05) is 30.5 Å². The fraction of sp³-hybridized carbons (Fsp3) is 0.146. The van der Waals surface area contributed by atoms with Gasteiger partial charge in [-0.25, -0.2) is 14.4 Å². The normalized spacial score (nSPS) is 18.8. The number of non-ortho nitro benzene ring substituents is 2. The predicted octanol–water partition coefficient (Wildman–Crippen LogP) is 7.09. The van der Waals surface area contributed by atoms with Crippen molar-refractivity contribution in [3.05, 3.63) is 176 Å². The molecule has 58 heavy (non-hydrogen) atoms. The topological polar surface area (TPSA) is 208 Å². The van der Waals surface area contributed by atoms with Gasteiger partial charge in [-0.05, 0) is 60.5 Å². The Morgan fingerprint density at radius 1 is 0.828 bits per heavy atom. The summed E-state index contributed by atoms with van der Waals surface area (Å²) in [6.45, 7) is 1.24. The third-order valence-electron chi connectivity index (χ3n) is 9.20. The number of carbonyl (C=O) groups is 4. The molecule has 1 amide bonds. The van der Waals surface area contributed by atoms with Gasteiger partial charge in [-0.1, -0.05) is 60.7 Å². The van der Waals surface area contributed by atoms with E-state index in [-0.39, 0.29) is 39.7 Å². The summed E-state index contributed by atoms with van der Waals surface area (Å²) in [6.07, 6.45) is 0.838. The van der Waals surface area contributed by atoms with Crippen LogP contribution in [0.2, 0.25) is 0 Å². The van der Waals surface area contributed by atoms with E-state index in [1.54, 1.807) is 6.92 Å². The lowest BCUT2D eigenvalue weighted by Crippen LogP contribution is -2.60. The van der Waals surface area contributed by atoms with Crippen LogP contribution in [0.5, 0.6) is 11.5 Å². The van der Waals surface area contributed by atoms with Gasteiger partial charge in [0.25, 0.3) is 17.3 Å². The molecule has 2 aliphatic rings. The van der Waals surface area contributed by atoms with E-state index in [0.29, 0.717) is 11.1 Å². The van der Waals surface area contributed by atoms with Crippen molar-refractivity contribution in [2.75, 3.05) is 6.61 Å². The van der Waals surface area contributed by atoms with Gasteiger partial charge in [0.15, 0.2) is 6.10 Å². The average Bonchev–Trinajstić information content (AvgIpc) is 3.51. The molecular formula is C41H30N4O12S. The van der Waals surface area contributed by atoms with E-state index < -0.39 is 62.7 Å². The highest BCUT2D eigenvalue weighted by Crippen LogP contribution is 2.54. The Balaban J connectivity index is 1.14. The first-order valence-corrected chi connectivity index (χ1v) is 18.3. The Bertz CT molecular complexity index is 2390. The minimum atomic E-state index is -1.29. The highest BCUT2D eigenvalue weighted by atomic mass is 32.2. The summed E-state index contributed by atoms with van der Waals surface area (Å²) >= 11 is 1.18. The highest BCUT2D eigenvalue weighted by Gasteiger charge is 2.64. The molecule has 0 spiro atoms. The quantitative estimate of drug-likeness (QED) is 0.0235. The Hall–Kier alpha value is -7.40. The van der Waals surface area contributed by atoms with Crippen LogP contribution in [0.15, 0.2) is 133 Å². The molecule has 7 rings (SSSR count). The summed E-state index contributed by atoms with van der Waals surface area (Å²) in [5, 5.41) is 21.3. The summed E-state index contributed by atoms with van der Waals surface area (Å²) in [6, 6.07) is 29.5. The van der Waals surface area contributed by atoms with E-state index in [2.05, 4.69) is 4.98 Å². The predicted molar refractivity (Wildman–Crippen MR) is 207 cm³/mol. The Labute approximate surface area is 333 Å². The smallest absolute Gasteiger partial charge is 0.451 e. The number of β-lactam (4-membered cyclic amide) rings is 1. The van der Waals surface area contributed by atoms with Gasteiger partial charge in [-0.15, -0.1) is 11.8 Å². The molecule has 1 aromatic heterocycles. The van der Waals surface area contributed by atoms with Crippen LogP contribution in [0.4, 0.5) is 16.2 Å². The first-order chi connectivity index (χ1) is 27.9. The molecule has 0 bridgehead atoms. The summed E-state index contributed by atoms with van der Waals surface area (Å²) in [5.41, 5.74) is 1.55. The van der Waals surface area contributed by atoms with E-state index in [1.807, 2.05) is 60.7 Å². The van der Waals surface area contributed by atoms with E-state index in [9.17, 15) is 39.4 Å². The third kappa shape index (κ3) is 8.24. The second kappa shape index (κ2) is 16.4. The lowest BCUT2D eigenvalue weighted by Gasteiger charge is -2.40. The number of aromatic nitrogens is 1. The summed E-state index contributed by atoms with van der Waals surface area (Å²) < 4.78 is 21.0. The zero-order chi connectivity index (χ0) is 41.0. The molecule has 0 saturated carbocycles. The van der Waals surface area contributed by atoms with Gasteiger partial charge in [-0.2, -0.15) is 0 Å². The second-order valence-corrected chi connectivity index (χ2v) is 14.8. The molecule has 3 atom stereocenters. The first kappa shape index (κ1) is 38.9. The van der Waals surface area contributed by atoms with E-state index in [1.165, 1.54) is 77.5 Å². The van der Waals surface area contributed by atoms with E-state index in [4.69, 9.17) is 18.9 Å². The molecule has 0 radical (unpaired) electrons. The molecule has 2 saturated heterocycles. The SMILES string of the molecule is C[C@@]1(COC(=O)Oc2ccc([N+](=O)[O-])cc2)SC2/C(=C\c3cc(C(=O)Oc4ccc([N+](=O)[O-])cc4)ccn3)C(=O)N2[C@H]1C(=O)OC(c1ccccc1)c1ccccc1. The van der Waals surface area contributed by atoms with E-state index >= 15 is 0 Å². The van der Waals surface area contributed by atoms with Crippen LogP contribution in [0.3, 0.4) is 0 Å². The van der Waals surface area contributed by atoms with Gasteiger partial charge >= 0.3 is 18.1 Å². The third-order valence-corrected chi connectivity index (χ3v) is 10.8. The Morgan fingerprint density at radius 3 is 1.93 bits per heavy atom. The second-order valence-electron chi connectivity index (χ2n) is 13.1. The van der Waals surface area contributed by atoms with E-state index in [0.717, 1.165) is 12.1 Å². The maximum atomic E-state index is 14.4. The maximum absolute atomic E-state index is 14.4. The molecule has 16 nitrogen and oxygen atoms in total. The van der Waals surface area contributed by atoms with Gasteiger partial charge in [0.2, 0.25) is 0 Å². The van der Waals surface area contributed by atoms with Crippen molar-refractivity contribution < 1.29 is 48.0 Å². The number of fused-ring (bicyclic) bond motifs is 1. The molecule has 3 heterocycles. The van der Waals surface area contributed by atoms with Gasteiger partial charge < -0.3 is 23.8 Å². The zero-order valence-electron chi connectivity index (χ0n) is 30.2. The van der Waals surface area contributed by atoms with Crippen molar-refractivity contribution in [2.24, 2.45) is 0 Å². The molecule has 292 valence electrons. The lowest BCUT2D eigenvalue weighted by atomic mass is 9.93. The number of esters is 2. The number of thioether (sulfide) groups is 1. The van der Waals surface area contributed by atoms with Crippen molar-refractivity contribution in [1.82, 2.24) is 9.88 Å². The van der Waals surface area contributed by atoms with Crippen molar-refractivity contribution in [2.45, 2.75) is 29.2 Å². The molecule has 2 fully saturated rings. The summed E-state index contributed by atoms with van der Waals surface area (Å²) in [5.74, 6) is -1.98. The van der Waals surface area contributed by atoms with Crippen LogP contribution >= 0.6 is 11.8 Å². The van der Waals surface area contributed by atoms with Crippen LogP contribution < -0.4 is 9.47 Å². The monoisotopic (exact) mass is 802 g/mol. The number of nitro groups is 2. The number of carbonyl (C=O) groups excluding carboxylic acids is 4. The Kier molecular flexibility index (Phi) is 11.0. The number of rotatable bonds is 12. The minimum Gasteiger partial charge on any atom is -0.451 e. The van der Waals surface area contributed by atoms with Gasteiger partial charge in [0.05, 0.1) is 31.4 Å². The average molecular weight is 803 g/mol. The van der Waals surface area contributed by atoms with Crippen molar-refractivity contribution >= 4 is 53.2 Å². The Morgan fingerprint density at radius 2 is 1.38 bits per heavy atom. The molecule has 17 heteroatoms. The van der Waals surface area contributed by atoms with Crippen LogP contribution in [-0.2, 0) is 19.1 Å². The number of hydrogen-bond donors (Lipinski definition) is 0. The number of nitrogens with zero attached hydrogens (tertiary/aromatic N) is 4. The van der Waals surface area contributed by atoms with Crippen molar-refractivity contribution in [3.63, 3.8) is 0 Å². The van der Waals surface area contributed by atoms with Gasteiger partial charge in [-0.3, -0.25) is 30.0 Å². The highest BCUT2D eigenvalue weighted by molar-refractivity contribution is 8.02. The standard InChI is InChI=1S/C41H30N4O12S/c1-41(24-54-40(49)56-32-18-14-30(15-19-32)45(52)53)35(39(48)57-34(25-8-4-2-5-9-25)26-10-6-3-7-11-26)43-36(46)33(37(43)58-41)23-28-22-27(20-21-42-28)38(47)55-31-16-12-29(13-17-31)44(50)51/h2-23,34-35,37H,24H2,1H3/b33-23-/t35-,37?,41-/m0/s1. The number of hydrogen-bond acceptors (Lipinski definition) is 14. The van der Waals surface area contributed by atoms with Crippen LogP contribution in [0, 0.1) is 20.2 Å². The molecule has 4 aromatic carbocycles. The van der Waals surface area contributed by atoms with Gasteiger partial charge in [0.1, 0.15) is 29.5 Å². The minimum absolute atomic E-state index is 0.0140. The van der Waals surface area contributed by atoms with Crippen LogP contribution in [0.1, 0.15) is 40.2 Å². The number of pyridine rings is 1. The maximum Gasteiger partial charge on any atom is 0.513 e. The summed E-state index contributed by atoms with van der Waals surface area (Å²) in [4.78, 5) is 80.7. The number of nitro benzene ring substituents is 2. The summed E-state index contributed by atoms with van der Waals surface area (Å²) in [7, 11) is 0. The lowest BCUT2D eigenvalue weighted by molar-refractivity contribution is -0.385. The van der Waals surface area contributed by atoms with Crippen molar-refractivity contribution in [3.8, 4) is 11.5 Å². The molecule has 1 unspecified atom stereocenters. The molecule has 0 aliphatic carbocycles.